The van der Waals surface area contributed by atoms with Crippen molar-refractivity contribution in [2.75, 3.05) is 0 Å². The third-order valence-electron chi connectivity index (χ3n) is 6.34. The Hall–Kier alpha value is -0.980. The maximum absolute atomic E-state index is 4.25. The van der Waals surface area contributed by atoms with E-state index in [9.17, 15) is 0 Å². The molecule has 0 aliphatic heterocycles. The highest BCUT2D eigenvalue weighted by atomic mass is 14.9. The highest BCUT2D eigenvalue weighted by molar-refractivity contribution is 5.09. The molecule has 0 aliphatic rings. The van der Waals surface area contributed by atoms with Gasteiger partial charge < -0.3 is 5.32 Å². The summed E-state index contributed by atoms with van der Waals surface area (Å²) in [5.41, 5.74) is 5.71. The summed E-state index contributed by atoms with van der Waals surface area (Å²) >= 11 is 0. The van der Waals surface area contributed by atoms with E-state index in [0.29, 0.717) is 12.0 Å². The van der Waals surface area contributed by atoms with Gasteiger partial charge in [-0.05, 0) is 71.6 Å². The van der Waals surface area contributed by atoms with Gasteiger partial charge in [0.15, 0.2) is 0 Å². The molecule has 0 amide bonds. The predicted octanol–water partition coefficient (Wildman–Crippen LogP) is 9.90. The van der Waals surface area contributed by atoms with E-state index in [1.807, 2.05) is 0 Å². The maximum atomic E-state index is 4.25. The van der Waals surface area contributed by atoms with Crippen LogP contribution in [0.4, 0.5) is 0 Å². The Balaban J connectivity index is 3.80. The van der Waals surface area contributed by atoms with Gasteiger partial charge in [-0.2, -0.15) is 0 Å². The van der Waals surface area contributed by atoms with Crippen LogP contribution in [0.1, 0.15) is 138 Å². The average molecular weight is 418 g/mol. The van der Waals surface area contributed by atoms with Crippen LogP contribution in [-0.2, 0) is 0 Å². The molecule has 0 bridgehead atoms. The lowest BCUT2D eigenvalue weighted by atomic mass is 9.98. The highest BCUT2D eigenvalue weighted by Gasteiger charge is 2.11. The molecule has 0 aromatic heterocycles. The minimum absolute atomic E-state index is 0.381. The zero-order valence-corrected chi connectivity index (χ0v) is 21.7. The normalized spacial score (nSPS) is 13.3. The lowest BCUT2D eigenvalue weighted by molar-refractivity contribution is 0.478. The minimum Gasteiger partial charge on any atom is -0.382 e. The van der Waals surface area contributed by atoms with Crippen LogP contribution in [0, 0.1) is 5.92 Å². The molecule has 0 radical (unpaired) electrons. The molecule has 30 heavy (non-hydrogen) atoms. The van der Waals surface area contributed by atoms with Crippen LogP contribution in [0.5, 0.6) is 0 Å². The van der Waals surface area contributed by atoms with Crippen LogP contribution >= 0.6 is 0 Å². The Morgan fingerprint density at radius 1 is 0.667 bits per heavy atom. The Bertz CT molecular complexity index is 483. The van der Waals surface area contributed by atoms with Gasteiger partial charge in [0, 0.05) is 11.7 Å². The van der Waals surface area contributed by atoms with Crippen molar-refractivity contribution in [2.24, 2.45) is 5.92 Å². The zero-order valence-electron chi connectivity index (χ0n) is 21.7. The molecule has 0 aromatic rings. The molecule has 0 heterocycles. The molecule has 176 valence electrons. The molecule has 0 saturated heterocycles. The summed E-state index contributed by atoms with van der Waals surface area (Å²) in [5.74, 6) is 0.680. The second-order valence-electron chi connectivity index (χ2n) is 10.1. The molecule has 0 rings (SSSR count). The van der Waals surface area contributed by atoms with E-state index < -0.39 is 0 Å². The van der Waals surface area contributed by atoms with Gasteiger partial charge in [-0.25, -0.2) is 0 Å². The fourth-order valence-corrected chi connectivity index (χ4v) is 4.03. The van der Waals surface area contributed by atoms with Crippen LogP contribution in [0.15, 0.2) is 35.6 Å². The third-order valence-corrected chi connectivity index (χ3v) is 6.34. The Morgan fingerprint density at radius 2 is 1.10 bits per heavy atom. The summed E-state index contributed by atoms with van der Waals surface area (Å²) in [5, 5.41) is 3.61. The fraction of sp³-hybridized carbons (Fsp3) is 0.793. The number of hydrogen-bond acceptors (Lipinski definition) is 1. The first-order valence-electron chi connectivity index (χ1n) is 13.0. The first kappa shape index (κ1) is 29.0. The van der Waals surface area contributed by atoms with E-state index in [1.165, 1.54) is 94.7 Å². The van der Waals surface area contributed by atoms with Crippen LogP contribution in [0.25, 0.3) is 0 Å². The molecule has 0 fully saturated rings. The largest absolute Gasteiger partial charge is 0.382 e. The Kier molecular flexibility index (Phi) is 18.1. The fourth-order valence-electron chi connectivity index (χ4n) is 4.03. The van der Waals surface area contributed by atoms with Gasteiger partial charge in [0.25, 0.3) is 0 Å². The van der Waals surface area contributed by atoms with Gasteiger partial charge in [0.05, 0.1) is 0 Å². The molecule has 1 N–H and O–H groups in total. The summed E-state index contributed by atoms with van der Waals surface area (Å²) < 4.78 is 0. The van der Waals surface area contributed by atoms with Crippen molar-refractivity contribution in [1.82, 2.24) is 5.32 Å². The van der Waals surface area contributed by atoms with Crippen molar-refractivity contribution in [2.45, 2.75) is 144 Å². The number of hydrogen-bond donors (Lipinski definition) is 1. The first-order chi connectivity index (χ1) is 14.3. The Labute approximate surface area is 190 Å². The molecule has 0 spiro atoms. The van der Waals surface area contributed by atoms with Crippen LogP contribution < -0.4 is 5.32 Å². The van der Waals surface area contributed by atoms with Crippen LogP contribution in [0.3, 0.4) is 0 Å². The van der Waals surface area contributed by atoms with E-state index >= 15 is 0 Å². The van der Waals surface area contributed by atoms with Gasteiger partial charge in [0.1, 0.15) is 0 Å². The second-order valence-corrected chi connectivity index (χ2v) is 10.1. The van der Waals surface area contributed by atoms with Crippen molar-refractivity contribution in [1.29, 1.82) is 0 Å². The molecule has 1 nitrogen and oxygen atoms in total. The van der Waals surface area contributed by atoms with E-state index in [4.69, 9.17) is 0 Å². The molecule has 0 aromatic carbocycles. The van der Waals surface area contributed by atoms with Gasteiger partial charge in [-0.1, -0.05) is 102 Å². The van der Waals surface area contributed by atoms with Crippen LogP contribution in [0.2, 0.25) is 0 Å². The number of rotatable bonds is 20. The van der Waals surface area contributed by atoms with Gasteiger partial charge in [0.2, 0.25) is 0 Å². The van der Waals surface area contributed by atoms with E-state index in [-0.39, 0.29) is 0 Å². The van der Waals surface area contributed by atoms with Crippen molar-refractivity contribution in [3.8, 4) is 0 Å². The van der Waals surface area contributed by atoms with Gasteiger partial charge in [-0.3, -0.25) is 0 Å². The maximum Gasteiger partial charge on any atom is 0.0467 e. The zero-order chi connectivity index (χ0) is 22.8. The van der Waals surface area contributed by atoms with Crippen molar-refractivity contribution in [3.05, 3.63) is 35.6 Å². The molecular weight excluding hydrogens is 362 g/mol. The third kappa shape index (κ3) is 16.8. The van der Waals surface area contributed by atoms with E-state index in [0.717, 1.165) is 12.8 Å². The summed E-state index contributed by atoms with van der Waals surface area (Å²) in [7, 11) is 0. The predicted molar refractivity (Wildman–Crippen MR) is 139 cm³/mol. The summed E-state index contributed by atoms with van der Waals surface area (Å²) in [6, 6.07) is 0.381. The van der Waals surface area contributed by atoms with Crippen molar-refractivity contribution >= 4 is 0 Å². The van der Waals surface area contributed by atoms with Gasteiger partial charge >= 0.3 is 0 Å². The van der Waals surface area contributed by atoms with Crippen molar-refractivity contribution in [3.63, 3.8) is 0 Å². The average Bonchev–Trinajstić information content (AvgIpc) is 2.68. The minimum atomic E-state index is 0.381. The molecule has 1 heteroatoms. The number of unbranched alkanes of at least 4 members (excludes halogenated alkanes) is 9. The van der Waals surface area contributed by atoms with E-state index in [1.54, 1.807) is 11.1 Å². The number of allylic oxidation sites excluding steroid dienone is 3. The first-order valence-corrected chi connectivity index (χ1v) is 13.0. The van der Waals surface area contributed by atoms with Gasteiger partial charge in [-0.15, -0.1) is 0 Å². The quantitative estimate of drug-likeness (QED) is 0.153. The standard InChI is InChI=1S/C29H55N/c1-9-10-11-12-14-17-20-26(6)27(7)21-18-15-13-16-19-22-28(8)30-29(25(4)5)23-24(2)3/h24,29-30H,4,8-23H2,1-3,5-7H3/b27-26-. The smallest absolute Gasteiger partial charge is 0.0467 e. The summed E-state index contributed by atoms with van der Waals surface area (Å²) in [4.78, 5) is 0. The van der Waals surface area contributed by atoms with E-state index in [2.05, 4.69) is 60.0 Å². The molecule has 1 atom stereocenters. The molecule has 0 aliphatic carbocycles. The molecule has 0 saturated carbocycles. The lowest BCUT2D eigenvalue weighted by Gasteiger charge is -2.23. The Morgan fingerprint density at radius 3 is 1.53 bits per heavy atom. The molecule has 1 unspecified atom stereocenters. The SMILES string of the molecule is C=C(CCCCCCC/C(C)=C(/C)CCCCCCCC)NC(CC(C)C)C(=C)C. The lowest BCUT2D eigenvalue weighted by Crippen LogP contribution is -2.30. The molecular formula is C29H55N. The monoisotopic (exact) mass is 417 g/mol. The van der Waals surface area contributed by atoms with Crippen LogP contribution in [-0.4, -0.2) is 6.04 Å². The summed E-state index contributed by atoms with van der Waals surface area (Å²) in [6.07, 6.45) is 19.9. The number of nitrogens with one attached hydrogen (secondary N) is 1. The van der Waals surface area contributed by atoms with Crippen molar-refractivity contribution < 1.29 is 0 Å². The highest BCUT2D eigenvalue weighted by Crippen LogP contribution is 2.20. The second kappa shape index (κ2) is 18.8. The summed E-state index contributed by atoms with van der Waals surface area (Å²) in [6.45, 7) is 22.1. The topological polar surface area (TPSA) is 12.0 Å².